The second-order valence-electron chi connectivity index (χ2n) is 8.66. The normalized spacial score (nSPS) is 18.7. The van der Waals surface area contributed by atoms with Crippen LogP contribution in [0, 0.1) is 5.92 Å². The molecule has 0 bridgehead atoms. The first-order valence-corrected chi connectivity index (χ1v) is 13.3. The van der Waals surface area contributed by atoms with Crippen LogP contribution in [0.1, 0.15) is 18.0 Å². The minimum Gasteiger partial charge on any atom is -0.504 e. The highest BCUT2D eigenvalue weighted by Gasteiger charge is 2.49. The Morgan fingerprint density at radius 2 is 1.50 bits per heavy atom. The van der Waals surface area contributed by atoms with Crippen molar-refractivity contribution in [2.45, 2.75) is 12.5 Å². The van der Waals surface area contributed by atoms with Gasteiger partial charge in [0.2, 0.25) is 11.7 Å². The van der Waals surface area contributed by atoms with Crippen molar-refractivity contribution in [2.24, 2.45) is 5.92 Å². The number of aromatic hydroxyl groups is 1. The van der Waals surface area contributed by atoms with E-state index in [4.69, 9.17) is 18.9 Å². The number of benzene rings is 2. The summed E-state index contributed by atoms with van der Waals surface area (Å²) in [6, 6.07) is 8.65. The molecule has 1 amide bonds. The number of nitrogens with zero attached hydrogens (tertiary/aromatic N) is 1. The minimum absolute atomic E-state index is 0.0447. The van der Waals surface area contributed by atoms with E-state index in [1.54, 1.807) is 50.5 Å². The summed E-state index contributed by atoms with van der Waals surface area (Å²) in [4.78, 5) is 15.1. The zero-order valence-electron chi connectivity index (χ0n) is 19.8. The number of anilines is 1. The van der Waals surface area contributed by atoms with E-state index in [2.05, 4.69) is 18.8 Å². The summed E-state index contributed by atoms with van der Waals surface area (Å²) in [7, 11) is 5.40. The third kappa shape index (κ3) is 4.55. The quantitative estimate of drug-likeness (QED) is 0.561. The molecule has 0 aliphatic carbocycles. The first-order valence-electron chi connectivity index (χ1n) is 10.3. The summed E-state index contributed by atoms with van der Waals surface area (Å²) < 4.78 is 21.6. The van der Waals surface area contributed by atoms with Gasteiger partial charge < -0.3 is 29.0 Å². The molecule has 1 N–H and O–H groups in total. The average Bonchev–Trinajstić information content (AvgIpc) is 2.75. The molecule has 32 heavy (non-hydrogen) atoms. The lowest BCUT2D eigenvalue weighted by atomic mass is 9.80. The van der Waals surface area contributed by atoms with Crippen LogP contribution in [-0.4, -0.2) is 64.0 Å². The number of hydrogen-bond donors (Lipinski definition) is 1. The number of phenolic OH excluding ortho intramolecular Hbond substituents is 1. The van der Waals surface area contributed by atoms with Gasteiger partial charge in [0, 0.05) is 12.1 Å². The van der Waals surface area contributed by atoms with E-state index in [0.29, 0.717) is 28.7 Å². The Morgan fingerprint density at radius 1 is 0.906 bits per heavy atom. The van der Waals surface area contributed by atoms with Crippen molar-refractivity contribution in [1.29, 1.82) is 0 Å². The lowest BCUT2D eigenvalue weighted by Crippen LogP contribution is -2.55. The van der Waals surface area contributed by atoms with Gasteiger partial charge >= 0.3 is 0 Å². The number of methoxy groups -OCH3 is 4. The van der Waals surface area contributed by atoms with Crippen molar-refractivity contribution in [1.82, 2.24) is 0 Å². The van der Waals surface area contributed by atoms with E-state index in [9.17, 15) is 9.90 Å². The molecule has 0 spiro atoms. The number of β-lactam (4-membered cyclic amide) rings is 1. The van der Waals surface area contributed by atoms with Gasteiger partial charge in [0.1, 0.15) is 0 Å². The number of amides is 1. The summed E-state index contributed by atoms with van der Waals surface area (Å²) in [6.45, 7) is 0. The lowest BCUT2D eigenvalue weighted by Gasteiger charge is -2.48. The fourth-order valence-corrected chi connectivity index (χ4v) is 5.04. The van der Waals surface area contributed by atoms with Gasteiger partial charge in [0.05, 0.1) is 46.1 Å². The van der Waals surface area contributed by atoms with Crippen molar-refractivity contribution >= 4 is 21.6 Å². The van der Waals surface area contributed by atoms with Gasteiger partial charge in [-0.15, -0.1) is 0 Å². The molecule has 0 aromatic heterocycles. The van der Waals surface area contributed by atoms with Crippen LogP contribution in [0.3, 0.4) is 0 Å². The molecular formula is C24H33NO6S. The Balaban J connectivity index is 2.06. The highest BCUT2D eigenvalue weighted by Crippen LogP contribution is 2.51. The third-order valence-electron chi connectivity index (χ3n) is 5.73. The van der Waals surface area contributed by atoms with Crippen molar-refractivity contribution < 1.29 is 28.8 Å². The highest BCUT2D eigenvalue weighted by atomic mass is 32.3. The lowest BCUT2D eigenvalue weighted by molar-refractivity contribution is -0.130. The van der Waals surface area contributed by atoms with Crippen LogP contribution in [0.5, 0.6) is 28.7 Å². The first-order chi connectivity index (χ1) is 15.1. The van der Waals surface area contributed by atoms with Gasteiger partial charge in [-0.25, -0.2) is 10.0 Å². The monoisotopic (exact) mass is 463 g/mol. The van der Waals surface area contributed by atoms with E-state index in [0.717, 1.165) is 17.7 Å². The largest absolute Gasteiger partial charge is 0.504 e. The summed E-state index contributed by atoms with van der Waals surface area (Å²) >= 11 is 0. The third-order valence-corrected chi connectivity index (χ3v) is 7.19. The molecule has 0 radical (unpaired) electrons. The zero-order chi connectivity index (χ0) is 23.6. The molecule has 3 rings (SSSR count). The van der Waals surface area contributed by atoms with E-state index in [1.165, 1.54) is 7.11 Å². The van der Waals surface area contributed by atoms with E-state index in [-0.39, 0.29) is 23.6 Å². The van der Waals surface area contributed by atoms with Gasteiger partial charge in [-0.3, -0.25) is 4.79 Å². The molecule has 7 nitrogen and oxygen atoms in total. The minimum atomic E-state index is -0.752. The van der Waals surface area contributed by atoms with Gasteiger partial charge in [0.15, 0.2) is 23.0 Å². The summed E-state index contributed by atoms with van der Waals surface area (Å²) in [5, 5.41) is 10.4. The summed E-state index contributed by atoms with van der Waals surface area (Å²) in [5.74, 6) is 2.74. The maximum atomic E-state index is 13.4. The van der Waals surface area contributed by atoms with Crippen LogP contribution in [0.15, 0.2) is 30.3 Å². The highest BCUT2D eigenvalue weighted by molar-refractivity contribution is 8.32. The predicted octanol–water partition coefficient (Wildman–Crippen LogP) is 4.21. The molecule has 1 fully saturated rings. The molecule has 1 aliphatic heterocycles. The van der Waals surface area contributed by atoms with Gasteiger partial charge in [-0.2, -0.15) is 0 Å². The molecule has 1 saturated heterocycles. The molecule has 0 saturated carbocycles. The van der Waals surface area contributed by atoms with Crippen LogP contribution < -0.4 is 23.8 Å². The van der Waals surface area contributed by atoms with Crippen LogP contribution in [0.25, 0.3) is 0 Å². The zero-order valence-corrected chi connectivity index (χ0v) is 20.6. The maximum absolute atomic E-state index is 13.4. The molecule has 2 atom stereocenters. The number of phenols is 1. The standard InChI is InChI=1S/C24H33NO6S/c1-28-19-9-8-15(12-18(19)26)22-17(10-11-32(5,6)7)24(27)25(22)16-13-20(29-2)23(31-4)21(14-16)30-3/h8-9,12-14,17,22,26H,10-11H2,1-7H3/t17-,22+/m1/s1. The van der Waals surface area contributed by atoms with Crippen LogP contribution in [0.4, 0.5) is 5.69 Å². The first kappa shape index (κ1) is 23.9. The smallest absolute Gasteiger partial charge is 0.233 e. The van der Waals surface area contributed by atoms with Crippen molar-refractivity contribution in [2.75, 3.05) is 57.9 Å². The molecule has 0 unspecified atom stereocenters. The molecule has 1 heterocycles. The van der Waals surface area contributed by atoms with Crippen molar-refractivity contribution in [3.05, 3.63) is 35.9 Å². The topological polar surface area (TPSA) is 77.5 Å². The Kier molecular flexibility index (Phi) is 7.03. The summed E-state index contributed by atoms with van der Waals surface area (Å²) in [6.07, 6.45) is 7.54. The van der Waals surface area contributed by atoms with Crippen LogP contribution in [-0.2, 0) is 4.79 Å². The maximum Gasteiger partial charge on any atom is 0.233 e. The second kappa shape index (κ2) is 9.40. The van der Waals surface area contributed by atoms with Gasteiger partial charge in [-0.05, 0) is 48.6 Å². The molecule has 8 heteroatoms. The fourth-order valence-electron chi connectivity index (χ4n) is 4.08. The molecule has 176 valence electrons. The van der Waals surface area contributed by atoms with Crippen molar-refractivity contribution in [3.8, 4) is 28.7 Å². The van der Waals surface area contributed by atoms with Crippen LogP contribution >= 0.6 is 10.0 Å². The Bertz CT molecular complexity index is 962. The molecular weight excluding hydrogens is 430 g/mol. The Labute approximate surface area is 191 Å². The number of ether oxygens (including phenoxy) is 4. The summed E-state index contributed by atoms with van der Waals surface area (Å²) in [5.41, 5.74) is 1.51. The Morgan fingerprint density at radius 3 is 1.97 bits per heavy atom. The van der Waals surface area contributed by atoms with Gasteiger partial charge in [-0.1, -0.05) is 6.07 Å². The SMILES string of the molecule is COc1ccc([C@H]2[C@@H](CCS(C)(C)C)C(=O)N2c2cc(OC)c(OC)c(OC)c2)cc1O. The van der Waals surface area contributed by atoms with E-state index in [1.807, 2.05) is 6.07 Å². The Hall–Kier alpha value is -2.74. The number of carbonyl (C=O) groups is 1. The van der Waals surface area contributed by atoms with Gasteiger partial charge in [0.25, 0.3) is 0 Å². The van der Waals surface area contributed by atoms with Crippen molar-refractivity contribution in [3.63, 3.8) is 0 Å². The number of hydrogen-bond acceptors (Lipinski definition) is 6. The fraction of sp³-hybridized carbons (Fsp3) is 0.458. The molecule has 2 aromatic rings. The average molecular weight is 464 g/mol. The number of rotatable bonds is 9. The molecule has 1 aliphatic rings. The van der Waals surface area contributed by atoms with Crippen LogP contribution in [0.2, 0.25) is 0 Å². The van der Waals surface area contributed by atoms with E-state index >= 15 is 0 Å². The number of carbonyl (C=O) groups excluding carboxylic acids is 1. The molecule has 2 aromatic carbocycles. The second-order valence-corrected chi connectivity index (χ2v) is 13.2. The van der Waals surface area contributed by atoms with E-state index < -0.39 is 10.0 Å². The predicted molar refractivity (Wildman–Crippen MR) is 129 cm³/mol.